The highest BCUT2D eigenvalue weighted by Crippen LogP contribution is 2.11. The second-order valence-corrected chi connectivity index (χ2v) is 5.45. The number of rotatable bonds is 6. The fraction of sp³-hybridized carbons (Fsp3) is 0.294. The highest BCUT2D eigenvalue weighted by Gasteiger charge is 2.10. The van der Waals surface area contributed by atoms with E-state index in [0.717, 1.165) is 25.3 Å². The minimum absolute atomic E-state index is 0.226. The van der Waals surface area contributed by atoms with Crippen LogP contribution in [0.5, 0.6) is 0 Å². The average molecular weight is 331 g/mol. The molecule has 2 N–H and O–H groups in total. The van der Waals surface area contributed by atoms with Gasteiger partial charge in [0, 0.05) is 12.2 Å². The smallest absolute Gasteiger partial charge is 0.293 e. The first kappa shape index (κ1) is 17.2. The Morgan fingerprint density at radius 3 is 2.43 bits per heavy atom. The van der Waals surface area contributed by atoms with Gasteiger partial charge in [-0.2, -0.15) is 0 Å². The zero-order valence-corrected chi connectivity index (χ0v) is 14.2. The second kappa shape index (κ2) is 8.45. The van der Waals surface area contributed by atoms with E-state index in [1.54, 1.807) is 12.1 Å². The van der Waals surface area contributed by atoms with Gasteiger partial charge in [-0.15, -0.1) is 0 Å². The van der Waals surface area contributed by atoms with Crippen LogP contribution in [0.1, 0.15) is 30.0 Å². The number of amides is 1. The molecule has 0 atom stereocenters. The molecule has 5 nitrogen and oxygen atoms in total. The van der Waals surface area contributed by atoms with Gasteiger partial charge in [0.05, 0.1) is 6.26 Å². The van der Waals surface area contributed by atoms with E-state index in [-0.39, 0.29) is 16.8 Å². The molecule has 2 rings (SSSR count). The molecular formula is C17H21N3O2S. The van der Waals surface area contributed by atoms with E-state index in [9.17, 15) is 4.79 Å². The Labute approximate surface area is 141 Å². The van der Waals surface area contributed by atoms with Gasteiger partial charge in [0.2, 0.25) is 0 Å². The van der Waals surface area contributed by atoms with Crippen LogP contribution in [-0.4, -0.2) is 29.0 Å². The molecule has 0 spiro atoms. The first-order chi connectivity index (χ1) is 11.1. The van der Waals surface area contributed by atoms with Gasteiger partial charge in [-0.05, 0) is 55.1 Å². The van der Waals surface area contributed by atoms with Gasteiger partial charge < -0.3 is 9.73 Å². The molecule has 0 saturated carbocycles. The number of hydrogen-bond acceptors (Lipinski definition) is 4. The minimum atomic E-state index is -0.370. The van der Waals surface area contributed by atoms with Gasteiger partial charge in [0.25, 0.3) is 5.91 Å². The van der Waals surface area contributed by atoms with Crippen LogP contribution in [0.2, 0.25) is 0 Å². The number of thiocarbonyl (C=S) groups is 1. The van der Waals surface area contributed by atoms with E-state index in [1.807, 2.05) is 12.1 Å². The average Bonchev–Trinajstić information content (AvgIpc) is 3.08. The molecule has 0 aliphatic carbocycles. The zero-order valence-electron chi connectivity index (χ0n) is 13.3. The summed E-state index contributed by atoms with van der Waals surface area (Å²) >= 11 is 5.13. The standard InChI is InChI=1S/C17H21N3O2S/c1-3-20(4-2)12-13-7-9-14(10-8-13)18-17(23)19-16(21)15-6-5-11-22-15/h5-11H,3-4,12H2,1-2H3,(H2,18,19,21,23). The third kappa shape index (κ3) is 5.19. The van der Waals surface area contributed by atoms with Crippen molar-refractivity contribution >= 4 is 28.9 Å². The number of furan rings is 1. The number of hydrogen-bond donors (Lipinski definition) is 2. The molecule has 0 aliphatic rings. The summed E-state index contributed by atoms with van der Waals surface area (Å²) in [5.41, 5.74) is 2.07. The van der Waals surface area contributed by atoms with Gasteiger partial charge in [-0.25, -0.2) is 0 Å². The van der Waals surface area contributed by atoms with Gasteiger partial charge in [0.1, 0.15) is 0 Å². The molecule has 1 aromatic heterocycles. The predicted molar refractivity (Wildman–Crippen MR) is 95.5 cm³/mol. The van der Waals surface area contributed by atoms with Crippen LogP contribution in [-0.2, 0) is 6.54 Å². The van der Waals surface area contributed by atoms with Crippen molar-refractivity contribution in [3.05, 3.63) is 54.0 Å². The third-order valence-corrected chi connectivity index (χ3v) is 3.69. The molecule has 2 aromatic rings. The summed E-state index contributed by atoms with van der Waals surface area (Å²) < 4.78 is 5.02. The quantitative estimate of drug-likeness (QED) is 0.796. The van der Waals surface area contributed by atoms with Gasteiger partial charge in [0.15, 0.2) is 10.9 Å². The summed E-state index contributed by atoms with van der Waals surface area (Å²) in [6.07, 6.45) is 1.44. The minimum Gasteiger partial charge on any atom is -0.459 e. The number of carbonyl (C=O) groups is 1. The first-order valence-corrected chi connectivity index (χ1v) is 8.00. The molecule has 0 bridgehead atoms. The third-order valence-electron chi connectivity index (χ3n) is 3.48. The largest absolute Gasteiger partial charge is 0.459 e. The molecule has 1 heterocycles. The second-order valence-electron chi connectivity index (χ2n) is 5.04. The van der Waals surface area contributed by atoms with Crippen molar-refractivity contribution in [1.82, 2.24) is 10.2 Å². The molecular weight excluding hydrogens is 310 g/mol. The fourth-order valence-corrected chi connectivity index (χ4v) is 2.34. The lowest BCUT2D eigenvalue weighted by atomic mass is 10.2. The maximum absolute atomic E-state index is 11.8. The summed E-state index contributed by atoms with van der Waals surface area (Å²) in [6.45, 7) is 7.28. The molecule has 122 valence electrons. The Morgan fingerprint density at radius 2 is 1.87 bits per heavy atom. The van der Waals surface area contributed by atoms with Crippen LogP contribution >= 0.6 is 12.2 Å². The zero-order chi connectivity index (χ0) is 16.7. The van der Waals surface area contributed by atoms with Gasteiger partial charge in [-0.3, -0.25) is 15.0 Å². The Balaban J connectivity index is 1.87. The number of nitrogens with one attached hydrogen (secondary N) is 2. The summed E-state index contributed by atoms with van der Waals surface area (Å²) in [7, 11) is 0. The molecule has 0 fully saturated rings. The topological polar surface area (TPSA) is 57.5 Å². The Hall–Kier alpha value is -2.18. The lowest BCUT2D eigenvalue weighted by Crippen LogP contribution is -2.33. The number of anilines is 1. The van der Waals surface area contributed by atoms with Crippen molar-refractivity contribution in [3.8, 4) is 0 Å². The van der Waals surface area contributed by atoms with E-state index in [2.05, 4.69) is 41.5 Å². The van der Waals surface area contributed by atoms with Crippen molar-refractivity contribution in [2.75, 3.05) is 18.4 Å². The molecule has 1 amide bonds. The van der Waals surface area contributed by atoms with Crippen LogP contribution in [0.25, 0.3) is 0 Å². The van der Waals surface area contributed by atoms with Crippen molar-refractivity contribution in [3.63, 3.8) is 0 Å². The molecule has 0 unspecified atom stereocenters. The first-order valence-electron chi connectivity index (χ1n) is 7.59. The lowest BCUT2D eigenvalue weighted by Gasteiger charge is -2.18. The Morgan fingerprint density at radius 1 is 1.17 bits per heavy atom. The monoisotopic (exact) mass is 331 g/mol. The maximum Gasteiger partial charge on any atom is 0.293 e. The van der Waals surface area contributed by atoms with Crippen LogP contribution in [0, 0.1) is 0 Å². The highest BCUT2D eigenvalue weighted by atomic mass is 32.1. The van der Waals surface area contributed by atoms with Crippen LogP contribution in [0.15, 0.2) is 47.1 Å². The highest BCUT2D eigenvalue weighted by molar-refractivity contribution is 7.80. The van der Waals surface area contributed by atoms with Crippen LogP contribution in [0.3, 0.4) is 0 Å². The Kier molecular flexibility index (Phi) is 6.31. The van der Waals surface area contributed by atoms with Crippen molar-refractivity contribution in [2.24, 2.45) is 0 Å². The van der Waals surface area contributed by atoms with Crippen LogP contribution < -0.4 is 10.6 Å². The molecule has 6 heteroatoms. The molecule has 23 heavy (non-hydrogen) atoms. The lowest BCUT2D eigenvalue weighted by molar-refractivity contribution is 0.0950. The summed E-state index contributed by atoms with van der Waals surface area (Å²) in [5.74, 6) is -0.144. The van der Waals surface area contributed by atoms with Crippen LogP contribution in [0.4, 0.5) is 5.69 Å². The van der Waals surface area contributed by atoms with E-state index in [1.165, 1.54) is 11.8 Å². The van der Waals surface area contributed by atoms with Crippen molar-refractivity contribution in [2.45, 2.75) is 20.4 Å². The Bertz CT molecular complexity index is 634. The molecule has 0 saturated heterocycles. The number of nitrogens with zero attached hydrogens (tertiary/aromatic N) is 1. The molecule has 0 aliphatic heterocycles. The van der Waals surface area contributed by atoms with Crippen molar-refractivity contribution < 1.29 is 9.21 Å². The van der Waals surface area contributed by atoms with E-state index in [0.29, 0.717) is 0 Å². The van der Waals surface area contributed by atoms with Crippen molar-refractivity contribution in [1.29, 1.82) is 0 Å². The normalized spacial score (nSPS) is 10.6. The fourth-order valence-electron chi connectivity index (χ4n) is 2.13. The summed E-state index contributed by atoms with van der Waals surface area (Å²) in [5, 5.41) is 5.80. The van der Waals surface area contributed by atoms with E-state index < -0.39 is 0 Å². The van der Waals surface area contributed by atoms with Gasteiger partial charge >= 0.3 is 0 Å². The SMILES string of the molecule is CCN(CC)Cc1ccc(NC(=S)NC(=O)c2ccco2)cc1. The molecule has 1 aromatic carbocycles. The van der Waals surface area contributed by atoms with Gasteiger partial charge in [-0.1, -0.05) is 26.0 Å². The van der Waals surface area contributed by atoms with E-state index >= 15 is 0 Å². The summed E-state index contributed by atoms with van der Waals surface area (Å²) in [6, 6.07) is 11.2. The number of benzene rings is 1. The molecule has 0 radical (unpaired) electrons. The number of carbonyl (C=O) groups excluding carboxylic acids is 1. The van der Waals surface area contributed by atoms with E-state index in [4.69, 9.17) is 16.6 Å². The predicted octanol–water partition coefficient (Wildman–Crippen LogP) is 3.25. The summed E-state index contributed by atoms with van der Waals surface area (Å²) in [4.78, 5) is 14.2. The maximum atomic E-state index is 11.8.